The van der Waals surface area contributed by atoms with Crippen molar-refractivity contribution in [2.24, 2.45) is 0 Å². The molecule has 0 atom stereocenters. The maximum atomic E-state index is 14.3. The lowest BCUT2D eigenvalue weighted by molar-refractivity contribution is -0.144. The molecule has 0 heterocycles. The second-order valence-corrected chi connectivity index (χ2v) is 4.93. The lowest BCUT2D eigenvalue weighted by Gasteiger charge is -2.10. The van der Waals surface area contributed by atoms with Gasteiger partial charge >= 0.3 is 5.97 Å². The summed E-state index contributed by atoms with van der Waals surface area (Å²) in [6, 6.07) is 11.5. The molecule has 3 nitrogen and oxygen atoms in total. The van der Waals surface area contributed by atoms with Crippen molar-refractivity contribution in [3.8, 4) is 11.1 Å². The highest BCUT2D eigenvalue weighted by atomic mass is 19.1. The van der Waals surface area contributed by atoms with Gasteiger partial charge in [-0.05, 0) is 24.1 Å². The van der Waals surface area contributed by atoms with E-state index in [1.807, 2.05) is 0 Å². The molecule has 0 saturated carbocycles. The average Bonchev–Trinajstić information content (AvgIpc) is 2.52. The number of hydrogen-bond donors (Lipinski definition) is 0. The molecule has 0 unspecified atom stereocenters. The fraction of sp³-hybridized carbons (Fsp3) is 0.222. The Balaban J connectivity index is 2.31. The van der Waals surface area contributed by atoms with Gasteiger partial charge in [0, 0.05) is 17.5 Å². The van der Waals surface area contributed by atoms with Crippen LogP contribution in [0.4, 0.5) is 4.39 Å². The van der Waals surface area contributed by atoms with E-state index in [4.69, 9.17) is 4.74 Å². The number of Topliss-reactive ketones (excluding diaryl/α,β-unsaturated/α-hetero) is 1. The van der Waals surface area contributed by atoms with Gasteiger partial charge in [0.1, 0.15) is 12.4 Å². The Labute approximate surface area is 128 Å². The van der Waals surface area contributed by atoms with Gasteiger partial charge in [-0.2, -0.15) is 0 Å². The molecule has 0 aliphatic rings. The number of esters is 1. The summed E-state index contributed by atoms with van der Waals surface area (Å²) in [6.07, 6.45) is 0.284. The largest absolute Gasteiger partial charge is 0.461 e. The summed E-state index contributed by atoms with van der Waals surface area (Å²) in [7, 11) is 0. The summed E-state index contributed by atoms with van der Waals surface area (Å²) in [6.45, 7) is 3.19. The van der Waals surface area contributed by atoms with E-state index in [9.17, 15) is 14.0 Å². The van der Waals surface area contributed by atoms with Crippen molar-refractivity contribution in [1.29, 1.82) is 0 Å². The van der Waals surface area contributed by atoms with E-state index in [0.717, 1.165) is 0 Å². The Morgan fingerprint density at radius 1 is 1.09 bits per heavy atom. The number of benzene rings is 2. The van der Waals surface area contributed by atoms with Gasteiger partial charge in [0.05, 0.1) is 0 Å². The number of ether oxygens (including phenoxy) is 1. The number of ketones is 1. The fourth-order valence-corrected chi connectivity index (χ4v) is 2.16. The molecule has 0 aromatic heterocycles. The average molecular weight is 300 g/mol. The molecule has 0 radical (unpaired) electrons. The highest BCUT2D eigenvalue weighted by molar-refractivity contribution is 6.00. The van der Waals surface area contributed by atoms with Gasteiger partial charge in [-0.15, -0.1) is 0 Å². The van der Waals surface area contributed by atoms with Crippen molar-refractivity contribution in [3.05, 3.63) is 59.4 Å². The standard InChI is InChI=1S/C18H17FO3/c1-3-18(21)22-11-13-8-9-16(17(19)10-13)15-7-5-4-6-14(15)12(2)20/h4-10H,3,11H2,1-2H3. The minimum Gasteiger partial charge on any atom is -0.461 e. The predicted octanol–water partition coefficient (Wildman–Crippen LogP) is 4.15. The molecule has 114 valence electrons. The van der Waals surface area contributed by atoms with Crippen LogP contribution in [0.2, 0.25) is 0 Å². The summed E-state index contributed by atoms with van der Waals surface area (Å²) in [5.74, 6) is -0.888. The smallest absolute Gasteiger partial charge is 0.305 e. The SMILES string of the molecule is CCC(=O)OCc1ccc(-c2ccccc2C(C)=O)c(F)c1. The molecule has 0 saturated heterocycles. The molecule has 2 aromatic rings. The van der Waals surface area contributed by atoms with Crippen molar-refractivity contribution in [2.75, 3.05) is 0 Å². The Morgan fingerprint density at radius 3 is 2.45 bits per heavy atom. The molecule has 2 aromatic carbocycles. The van der Waals surface area contributed by atoms with E-state index < -0.39 is 5.82 Å². The monoisotopic (exact) mass is 300 g/mol. The van der Waals surface area contributed by atoms with E-state index >= 15 is 0 Å². The number of hydrogen-bond acceptors (Lipinski definition) is 3. The number of carbonyl (C=O) groups excluding carboxylic acids is 2. The minimum atomic E-state index is -0.446. The highest BCUT2D eigenvalue weighted by Crippen LogP contribution is 2.27. The summed E-state index contributed by atoms with van der Waals surface area (Å²) < 4.78 is 19.3. The number of carbonyl (C=O) groups is 2. The molecule has 2 rings (SSSR count). The van der Waals surface area contributed by atoms with Gasteiger partial charge in [-0.3, -0.25) is 9.59 Å². The molecule has 0 bridgehead atoms. The van der Waals surface area contributed by atoms with Crippen LogP contribution >= 0.6 is 0 Å². The molecule has 0 fully saturated rings. The third kappa shape index (κ3) is 3.58. The van der Waals surface area contributed by atoms with Gasteiger partial charge in [0.2, 0.25) is 0 Å². The zero-order chi connectivity index (χ0) is 16.1. The van der Waals surface area contributed by atoms with E-state index in [1.54, 1.807) is 43.3 Å². The third-order valence-corrected chi connectivity index (χ3v) is 3.32. The van der Waals surface area contributed by atoms with Crippen molar-refractivity contribution < 1.29 is 18.7 Å². The van der Waals surface area contributed by atoms with Crippen LogP contribution in [0.15, 0.2) is 42.5 Å². The summed E-state index contributed by atoms with van der Waals surface area (Å²) in [5.41, 5.74) is 1.97. The van der Waals surface area contributed by atoms with Crippen molar-refractivity contribution in [3.63, 3.8) is 0 Å². The summed E-state index contributed by atoms with van der Waals surface area (Å²) in [5, 5.41) is 0. The Hall–Kier alpha value is -2.49. The first-order chi connectivity index (χ1) is 10.5. The van der Waals surface area contributed by atoms with Crippen molar-refractivity contribution >= 4 is 11.8 Å². The first-order valence-electron chi connectivity index (χ1n) is 7.07. The van der Waals surface area contributed by atoms with Crippen LogP contribution in [0, 0.1) is 5.82 Å². The topological polar surface area (TPSA) is 43.4 Å². The van der Waals surface area contributed by atoms with E-state index in [0.29, 0.717) is 22.3 Å². The van der Waals surface area contributed by atoms with Crippen LogP contribution in [0.5, 0.6) is 0 Å². The van der Waals surface area contributed by atoms with Crippen LogP contribution < -0.4 is 0 Å². The third-order valence-electron chi connectivity index (χ3n) is 3.32. The Kier molecular flexibility index (Phi) is 5.04. The molecule has 0 spiro atoms. The molecular formula is C18H17FO3. The van der Waals surface area contributed by atoms with Gasteiger partial charge < -0.3 is 4.74 Å². The summed E-state index contributed by atoms with van der Waals surface area (Å²) >= 11 is 0. The second kappa shape index (κ2) is 6.98. The van der Waals surface area contributed by atoms with Crippen LogP contribution in [-0.4, -0.2) is 11.8 Å². The van der Waals surface area contributed by atoms with Crippen LogP contribution in [0.3, 0.4) is 0 Å². The Morgan fingerprint density at radius 2 is 1.82 bits per heavy atom. The lowest BCUT2D eigenvalue weighted by Crippen LogP contribution is -2.03. The van der Waals surface area contributed by atoms with Crippen molar-refractivity contribution in [1.82, 2.24) is 0 Å². The predicted molar refractivity (Wildman–Crippen MR) is 81.9 cm³/mol. The molecule has 0 N–H and O–H groups in total. The first-order valence-corrected chi connectivity index (χ1v) is 7.07. The maximum Gasteiger partial charge on any atom is 0.305 e. The first kappa shape index (κ1) is 15.9. The minimum absolute atomic E-state index is 0.0399. The molecule has 4 heteroatoms. The number of halogens is 1. The van der Waals surface area contributed by atoms with Crippen LogP contribution in [0.25, 0.3) is 11.1 Å². The second-order valence-electron chi connectivity index (χ2n) is 4.93. The molecule has 0 aliphatic heterocycles. The molecule has 0 aliphatic carbocycles. The normalized spacial score (nSPS) is 10.3. The molecule has 22 heavy (non-hydrogen) atoms. The van der Waals surface area contributed by atoms with E-state index in [2.05, 4.69) is 0 Å². The molecular weight excluding hydrogens is 283 g/mol. The zero-order valence-corrected chi connectivity index (χ0v) is 12.6. The molecule has 0 amide bonds. The van der Waals surface area contributed by atoms with E-state index in [-0.39, 0.29) is 24.8 Å². The maximum absolute atomic E-state index is 14.3. The lowest BCUT2D eigenvalue weighted by atomic mass is 9.96. The number of rotatable bonds is 5. The van der Waals surface area contributed by atoms with Crippen LogP contribution in [-0.2, 0) is 16.1 Å². The van der Waals surface area contributed by atoms with Gasteiger partial charge in [0.25, 0.3) is 0 Å². The van der Waals surface area contributed by atoms with Gasteiger partial charge in [0.15, 0.2) is 5.78 Å². The quantitative estimate of drug-likeness (QED) is 0.615. The van der Waals surface area contributed by atoms with E-state index in [1.165, 1.54) is 13.0 Å². The van der Waals surface area contributed by atoms with Crippen molar-refractivity contribution in [2.45, 2.75) is 26.9 Å². The van der Waals surface area contributed by atoms with Gasteiger partial charge in [-0.1, -0.05) is 43.3 Å². The Bertz CT molecular complexity index is 707. The van der Waals surface area contributed by atoms with Gasteiger partial charge in [-0.25, -0.2) is 4.39 Å². The fourth-order valence-electron chi connectivity index (χ4n) is 2.16. The summed E-state index contributed by atoms with van der Waals surface area (Å²) in [4.78, 5) is 22.8. The highest BCUT2D eigenvalue weighted by Gasteiger charge is 2.13. The van der Waals surface area contributed by atoms with Crippen LogP contribution in [0.1, 0.15) is 36.2 Å². The zero-order valence-electron chi connectivity index (χ0n) is 12.6.